The smallest absolute Gasteiger partial charge is 0.333 e. The second kappa shape index (κ2) is 14.6. The normalized spacial score (nSPS) is 23.4. The van der Waals surface area contributed by atoms with E-state index in [-0.39, 0.29) is 39.5 Å². The first-order chi connectivity index (χ1) is 33.3. The Morgan fingerprint density at radius 2 is 1.16 bits per heavy atom. The maximum Gasteiger partial charge on any atom is 0.333 e. The lowest BCUT2D eigenvalue weighted by molar-refractivity contribution is 0.195. The molecule has 6 aromatic rings. The maximum atomic E-state index is 2.98. The summed E-state index contributed by atoms with van der Waals surface area (Å²) in [6.45, 7) is 32.6. The van der Waals surface area contributed by atoms with Gasteiger partial charge < -0.3 is 9.71 Å². The molecule has 0 spiro atoms. The quantitative estimate of drug-likeness (QED) is 0.147. The van der Waals surface area contributed by atoms with Gasteiger partial charge in [-0.15, -0.1) is 0 Å². The average molecular weight is 921 g/mol. The van der Waals surface area contributed by atoms with Gasteiger partial charge in [0.25, 0.3) is 0 Å². The second-order valence-corrected chi connectivity index (χ2v) is 26.4. The number of fused-ring (bicyclic) bond motifs is 15. The lowest BCUT2D eigenvalue weighted by atomic mass is 9.42. The Morgan fingerprint density at radius 3 is 1.89 bits per heavy atom. The van der Waals surface area contributed by atoms with Crippen molar-refractivity contribution >= 4 is 40.5 Å². The molecule has 0 radical (unpaired) electrons. The highest BCUT2D eigenvalue weighted by molar-refractivity contribution is 6.93. The summed E-state index contributed by atoms with van der Waals surface area (Å²) in [6.07, 6.45) is 14.6. The molecule has 6 aromatic carbocycles. The van der Waals surface area contributed by atoms with Gasteiger partial charge in [0.15, 0.2) is 0 Å². The average Bonchev–Trinajstić information content (AvgIpc) is 3.79. The van der Waals surface area contributed by atoms with Crippen LogP contribution < -0.4 is 20.6 Å². The molecule has 13 rings (SSSR count). The van der Waals surface area contributed by atoms with Gasteiger partial charge in [0, 0.05) is 44.6 Å². The van der Waals surface area contributed by atoms with E-state index < -0.39 is 0 Å². The zero-order valence-corrected chi connectivity index (χ0v) is 45.0. The van der Waals surface area contributed by atoms with Gasteiger partial charge >= 0.3 is 6.85 Å². The van der Waals surface area contributed by atoms with Crippen LogP contribution in [0.5, 0.6) is 0 Å². The van der Waals surface area contributed by atoms with Crippen LogP contribution in [0.3, 0.4) is 0 Å². The van der Waals surface area contributed by atoms with Crippen LogP contribution in [0.25, 0.3) is 33.4 Å². The number of rotatable bonds is 7. The first-order valence-corrected chi connectivity index (χ1v) is 27.8. The predicted molar refractivity (Wildman–Crippen MR) is 301 cm³/mol. The standard InChI is InChI=1S/C67H77BN2/c1-14-16-22-41-26-27-55(40(3)32-41)70-56-37-45-44-35-51-52(63(6,7)31-30-62(51,4)5)39-50(44)64(8,9)49(45)36-47(56)58-59-46(43-24-18-19-25-48(43)65(59,10)11)38-57-60(58)68(70)54-34-42(23-17-15-2)33-53-61(54)69(57)67(13)29-21-20-28-66(53,67)12/h18-19,24-27,32-39H,14-17,20-23,28-31H2,1-13H3. The van der Waals surface area contributed by atoms with E-state index in [1.807, 2.05) is 0 Å². The largest absolute Gasteiger partial charge is 0.376 e. The Labute approximate surface area is 421 Å². The summed E-state index contributed by atoms with van der Waals surface area (Å²) < 4.78 is 0. The van der Waals surface area contributed by atoms with E-state index in [1.165, 1.54) is 170 Å². The number of benzene rings is 6. The van der Waals surface area contributed by atoms with Gasteiger partial charge in [-0.2, -0.15) is 0 Å². The molecule has 4 aliphatic carbocycles. The Kier molecular flexibility index (Phi) is 9.34. The highest BCUT2D eigenvalue weighted by atomic mass is 15.3. The van der Waals surface area contributed by atoms with Gasteiger partial charge in [-0.3, -0.25) is 0 Å². The predicted octanol–water partition coefficient (Wildman–Crippen LogP) is 16.6. The Bertz CT molecular complexity index is 3270. The fourth-order valence-electron chi connectivity index (χ4n) is 16.3. The summed E-state index contributed by atoms with van der Waals surface area (Å²) in [7, 11) is 0. The maximum absolute atomic E-state index is 2.98. The third-order valence-corrected chi connectivity index (χ3v) is 20.7. The fraction of sp³-hybridized carbons (Fsp3) is 0.463. The van der Waals surface area contributed by atoms with Crippen molar-refractivity contribution in [3.63, 3.8) is 0 Å². The molecule has 3 aliphatic heterocycles. The molecule has 1 saturated carbocycles. The number of unbranched alkanes of at least 4 members (excludes halogenated alkanes) is 2. The van der Waals surface area contributed by atoms with E-state index in [9.17, 15) is 0 Å². The van der Waals surface area contributed by atoms with Crippen molar-refractivity contribution in [3.05, 3.63) is 141 Å². The highest BCUT2D eigenvalue weighted by Gasteiger charge is 2.63. The molecule has 358 valence electrons. The van der Waals surface area contributed by atoms with Gasteiger partial charge in [-0.1, -0.05) is 156 Å². The molecule has 1 fully saturated rings. The van der Waals surface area contributed by atoms with Crippen molar-refractivity contribution in [1.29, 1.82) is 0 Å². The minimum Gasteiger partial charge on any atom is -0.376 e. The molecule has 0 bridgehead atoms. The van der Waals surface area contributed by atoms with Crippen LogP contribution in [0, 0.1) is 6.92 Å². The zero-order valence-electron chi connectivity index (χ0n) is 45.0. The molecule has 3 heteroatoms. The first-order valence-electron chi connectivity index (χ1n) is 27.8. The van der Waals surface area contributed by atoms with Crippen molar-refractivity contribution in [2.45, 2.75) is 200 Å². The monoisotopic (exact) mass is 921 g/mol. The third kappa shape index (κ3) is 5.59. The molecule has 3 heterocycles. The second-order valence-electron chi connectivity index (χ2n) is 26.4. The topological polar surface area (TPSA) is 6.48 Å². The van der Waals surface area contributed by atoms with Crippen molar-refractivity contribution in [1.82, 2.24) is 0 Å². The summed E-state index contributed by atoms with van der Waals surface area (Å²) in [5.74, 6) is 0. The van der Waals surface area contributed by atoms with E-state index in [0.717, 1.165) is 12.8 Å². The highest BCUT2D eigenvalue weighted by Crippen LogP contribution is 2.66. The van der Waals surface area contributed by atoms with E-state index in [4.69, 9.17) is 0 Å². The van der Waals surface area contributed by atoms with Gasteiger partial charge in [-0.05, 0) is 201 Å². The summed E-state index contributed by atoms with van der Waals surface area (Å²) in [5, 5.41) is 0. The van der Waals surface area contributed by atoms with Gasteiger partial charge in [-0.25, -0.2) is 0 Å². The van der Waals surface area contributed by atoms with Crippen molar-refractivity contribution in [2.24, 2.45) is 0 Å². The number of aryl methyl sites for hydroxylation is 3. The third-order valence-electron chi connectivity index (χ3n) is 20.7. The van der Waals surface area contributed by atoms with E-state index in [2.05, 4.69) is 185 Å². The molecule has 70 heavy (non-hydrogen) atoms. The lowest BCUT2D eigenvalue weighted by Gasteiger charge is -2.53. The summed E-state index contributed by atoms with van der Waals surface area (Å²) >= 11 is 0. The Morgan fingerprint density at radius 1 is 0.514 bits per heavy atom. The summed E-state index contributed by atoms with van der Waals surface area (Å²) in [6, 6.07) is 36.0. The minimum atomic E-state index is -0.187. The molecule has 0 aromatic heterocycles. The van der Waals surface area contributed by atoms with Crippen LogP contribution in [-0.4, -0.2) is 12.4 Å². The van der Waals surface area contributed by atoms with Crippen molar-refractivity contribution < 1.29 is 0 Å². The number of hydrogen-bond donors (Lipinski definition) is 0. The number of hydrogen-bond acceptors (Lipinski definition) is 2. The molecule has 7 aliphatic rings. The van der Waals surface area contributed by atoms with Crippen molar-refractivity contribution in [2.75, 3.05) is 9.71 Å². The Hall–Kier alpha value is -5.02. The van der Waals surface area contributed by atoms with E-state index in [0.29, 0.717) is 0 Å². The first kappa shape index (κ1) is 44.9. The molecule has 2 atom stereocenters. The van der Waals surface area contributed by atoms with Crippen LogP contribution in [0.4, 0.5) is 22.7 Å². The Balaban J connectivity index is 1.19. The summed E-state index contributed by atoms with van der Waals surface area (Å²) in [5.41, 5.74) is 32.5. The number of nitrogens with zero attached hydrogens (tertiary/aromatic N) is 2. The molecule has 2 nitrogen and oxygen atoms in total. The van der Waals surface area contributed by atoms with Crippen molar-refractivity contribution in [3.8, 4) is 33.4 Å². The molecule has 2 unspecified atom stereocenters. The fourth-order valence-corrected chi connectivity index (χ4v) is 16.3. The van der Waals surface area contributed by atoms with Crippen LogP contribution in [0.15, 0.2) is 84.9 Å². The molecular formula is C67H77BN2. The van der Waals surface area contributed by atoms with E-state index >= 15 is 0 Å². The van der Waals surface area contributed by atoms with Crippen LogP contribution in [0.1, 0.15) is 203 Å². The van der Waals surface area contributed by atoms with E-state index in [1.54, 1.807) is 16.7 Å². The number of anilines is 4. The molecular weight excluding hydrogens is 844 g/mol. The molecule has 0 saturated heterocycles. The minimum absolute atomic E-state index is 0.0108. The SMILES string of the molecule is CCCCc1ccc(N2B3c4cc(CCCC)cc5c4N(c4cc6c(c(c43)-c3cc4c(cc32)-c2cc3c(cc2C4(C)C)C(C)(C)CCC3(C)C)C(C)(C)c2ccccc2-6)C2(C)CCCCC52C)c(C)c1. The van der Waals surface area contributed by atoms with Crippen LogP contribution in [-0.2, 0) is 39.9 Å². The molecule has 0 N–H and O–H groups in total. The van der Waals surface area contributed by atoms with Gasteiger partial charge in [0.05, 0.1) is 5.54 Å². The van der Waals surface area contributed by atoms with Crippen LogP contribution in [0.2, 0.25) is 0 Å². The zero-order chi connectivity index (χ0) is 48.8. The van der Waals surface area contributed by atoms with Gasteiger partial charge in [0.2, 0.25) is 0 Å². The van der Waals surface area contributed by atoms with Gasteiger partial charge in [0.1, 0.15) is 0 Å². The van der Waals surface area contributed by atoms with Crippen LogP contribution >= 0.6 is 0 Å². The molecule has 0 amide bonds. The lowest BCUT2D eigenvalue weighted by Crippen LogP contribution is -2.65. The summed E-state index contributed by atoms with van der Waals surface area (Å²) in [4.78, 5) is 5.89.